The Morgan fingerprint density at radius 1 is 1.14 bits per heavy atom. The van der Waals surface area contributed by atoms with Crippen molar-refractivity contribution in [2.24, 2.45) is 0 Å². The molecule has 0 spiro atoms. The zero-order valence-electron chi connectivity index (χ0n) is 13.1. The maximum absolute atomic E-state index is 5.92. The summed E-state index contributed by atoms with van der Waals surface area (Å²) in [7, 11) is 1.66. The van der Waals surface area contributed by atoms with E-state index in [-0.39, 0.29) is 0 Å². The molecule has 0 bridgehead atoms. The predicted octanol–water partition coefficient (Wildman–Crippen LogP) is 2.89. The van der Waals surface area contributed by atoms with E-state index in [2.05, 4.69) is 14.9 Å². The van der Waals surface area contributed by atoms with E-state index in [0.717, 1.165) is 35.4 Å². The summed E-state index contributed by atoms with van der Waals surface area (Å²) in [5.74, 6) is 1.49. The molecule has 0 saturated carbocycles. The second-order valence-electron chi connectivity index (χ2n) is 5.69. The van der Waals surface area contributed by atoms with Gasteiger partial charge in [-0.05, 0) is 38.4 Å². The number of benzene rings is 1. The molecule has 0 atom stereocenters. The molecule has 1 saturated heterocycles. The summed E-state index contributed by atoms with van der Waals surface area (Å²) >= 11 is 0. The van der Waals surface area contributed by atoms with Gasteiger partial charge in [-0.25, -0.2) is 9.97 Å². The molecule has 22 heavy (non-hydrogen) atoms. The van der Waals surface area contributed by atoms with Gasteiger partial charge in [0.05, 0.1) is 19.2 Å². The van der Waals surface area contributed by atoms with Gasteiger partial charge in [-0.1, -0.05) is 6.42 Å². The first-order valence-corrected chi connectivity index (χ1v) is 8.00. The number of likely N-dealkylation sites (tertiary alicyclic amines) is 1. The number of piperidine rings is 1. The van der Waals surface area contributed by atoms with Crippen molar-refractivity contribution < 1.29 is 9.47 Å². The summed E-state index contributed by atoms with van der Waals surface area (Å²) < 4.78 is 11.3. The summed E-state index contributed by atoms with van der Waals surface area (Å²) in [6, 6.07) is 3.85. The molecule has 2 heterocycles. The molecule has 0 N–H and O–H groups in total. The quantitative estimate of drug-likeness (QED) is 0.768. The Kier molecular flexibility index (Phi) is 5.06. The Labute approximate surface area is 131 Å². The van der Waals surface area contributed by atoms with Crippen molar-refractivity contribution in [3.8, 4) is 11.5 Å². The number of rotatable bonds is 6. The van der Waals surface area contributed by atoms with Gasteiger partial charge >= 0.3 is 0 Å². The second kappa shape index (κ2) is 7.40. The lowest BCUT2D eigenvalue weighted by molar-refractivity contribution is 0.203. The van der Waals surface area contributed by atoms with Crippen LogP contribution in [0.2, 0.25) is 0 Å². The van der Waals surface area contributed by atoms with Crippen LogP contribution in [0.5, 0.6) is 11.5 Å². The Balaban J connectivity index is 1.58. The lowest BCUT2D eigenvalue weighted by Crippen LogP contribution is -2.31. The van der Waals surface area contributed by atoms with Crippen LogP contribution in [0.15, 0.2) is 24.7 Å². The highest BCUT2D eigenvalue weighted by molar-refractivity contribution is 5.81. The molecular weight excluding hydrogens is 278 g/mol. The Morgan fingerprint density at radius 3 is 2.82 bits per heavy atom. The van der Waals surface area contributed by atoms with Crippen molar-refractivity contribution >= 4 is 10.9 Å². The zero-order valence-corrected chi connectivity index (χ0v) is 13.1. The van der Waals surface area contributed by atoms with Gasteiger partial charge in [-0.3, -0.25) is 0 Å². The number of hydrogen-bond donors (Lipinski definition) is 0. The SMILES string of the molecule is COc1cc2ncncc2cc1OCCCN1CCCCC1. The summed E-state index contributed by atoms with van der Waals surface area (Å²) in [6.07, 6.45) is 8.41. The molecule has 1 aliphatic heterocycles. The first-order chi connectivity index (χ1) is 10.9. The van der Waals surface area contributed by atoms with E-state index in [1.54, 1.807) is 19.6 Å². The molecule has 1 aromatic carbocycles. The molecule has 5 heteroatoms. The maximum Gasteiger partial charge on any atom is 0.162 e. The predicted molar refractivity (Wildman–Crippen MR) is 86.5 cm³/mol. The highest BCUT2D eigenvalue weighted by Gasteiger charge is 2.10. The topological polar surface area (TPSA) is 47.5 Å². The lowest BCUT2D eigenvalue weighted by atomic mass is 10.1. The Hall–Kier alpha value is -1.88. The maximum atomic E-state index is 5.92. The summed E-state index contributed by atoms with van der Waals surface area (Å²) in [5.41, 5.74) is 0.868. The van der Waals surface area contributed by atoms with E-state index in [4.69, 9.17) is 9.47 Å². The fourth-order valence-corrected chi connectivity index (χ4v) is 2.91. The summed E-state index contributed by atoms with van der Waals surface area (Å²) in [4.78, 5) is 10.8. The molecule has 2 aromatic rings. The van der Waals surface area contributed by atoms with E-state index in [9.17, 15) is 0 Å². The highest BCUT2D eigenvalue weighted by atomic mass is 16.5. The van der Waals surface area contributed by atoms with Crippen molar-refractivity contribution in [1.29, 1.82) is 0 Å². The molecule has 0 amide bonds. The van der Waals surface area contributed by atoms with Crippen molar-refractivity contribution in [3.63, 3.8) is 0 Å². The third kappa shape index (κ3) is 3.65. The average Bonchev–Trinajstić information content (AvgIpc) is 2.59. The minimum Gasteiger partial charge on any atom is -0.493 e. The van der Waals surface area contributed by atoms with Gasteiger partial charge in [0.2, 0.25) is 0 Å². The van der Waals surface area contributed by atoms with Crippen molar-refractivity contribution in [1.82, 2.24) is 14.9 Å². The Bertz CT molecular complexity index is 612. The van der Waals surface area contributed by atoms with Crippen LogP contribution in [0.1, 0.15) is 25.7 Å². The Morgan fingerprint density at radius 2 is 2.00 bits per heavy atom. The summed E-state index contributed by atoms with van der Waals surface area (Å²) in [5, 5.41) is 0.967. The smallest absolute Gasteiger partial charge is 0.162 e. The van der Waals surface area contributed by atoms with Gasteiger partial charge in [-0.15, -0.1) is 0 Å². The van der Waals surface area contributed by atoms with E-state index < -0.39 is 0 Å². The third-order valence-corrected chi connectivity index (χ3v) is 4.11. The van der Waals surface area contributed by atoms with E-state index >= 15 is 0 Å². The van der Waals surface area contributed by atoms with Gasteiger partial charge in [0.1, 0.15) is 6.33 Å². The van der Waals surface area contributed by atoms with Crippen LogP contribution >= 0.6 is 0 Å². The van der Waals surface area contributed by atoms with Gasteiger partial charge in [-0.2, -0.15) is 0 Å². The van der Waals surface area contributed by atoms with Gasteiger partial charge < -0.3 is 14.4 Å². The van der Waals surface area contributed by atoms with Gasteiger partial charge in [0.25, 0.3) is 0 Å². The molecule has 0 aliphatic carbocycles. The van der Waals surface area contributed by atoms with E-state index in [0.29, 0.717) is 6.61 Å². The molecule has 1 aliphatic rings. The first-order valence-electron chi connectivity index (χ1n) is 8.00. The molecule has 5 nitrogen and oxygen atoms in total. The van der Waals surface area contributed by atoms with Crippen LogP contribution in [0.3, 0.4) is 0 Å². The number of ether oxygens (including phenoxy) is 2. The molecular formula is C17H23N3O2. The molecule has 1 aromatic heterocycles. The molecule has 1 fully saturated rings. The largest absolute Gasteiger partial charge is 0.493 e. The number of aromatic nitrogens is 2. The van der Waals surface area contributed by atoms with Crippen LogP contribution < -0.4 is 9.47 Å². The van der Waals surface area contributed by atoms with Crippen molar-refractivity contribution in [2.75, 3.05) is 33.4 Å². The van der Waals surface area contributed by atoms with E-state index in [1.165, 1.54) is 32.4 Å². The number of methoxy groups -OCH3 is 1. The lowest BCUT2D eigenvalue weighted by Gasteiger charge is -2.26. The van der Waals surface area contributed by atoms with Crippen LogP contribution in [0.4, 0.5) is 0 Å². The van der Waals surface area contributed by atoms with Crippen LogP contribution in [0, 0.1) is 0 Å². The van der Waals surface area contributed by atoms with Gasteiger partial charge in [0.15, 0.2) is 11.5 Å². The second-order valence-corrected chi connectivity index (χ2v) is 5.69. The number of hydrogen-bond acceptors (Lipinski definition) is 5. The standard InChI is InChI=1S/C17H23N3O2/c1-21-16-11-15-14(12-18-13-19-15)10-17(16)22-9-5-8-20-6-3-2-4-7-20/h10-13H,2-9H2,1H3. The monoisotopic (exact) mass is 301 g/mol. The van der Waals surface area contributed by atoms with Crippen LogP contribution in [-0.2, 0) is 0 Å². The third-order valence-electron chi connectivity index (χ3n) is 4.11. The minimum atomic E-state index is 0.700. The van der Waals surface area contributed by atoms with Gasteiger partial charge in [0, 0.05) is 24.2 Å². The summed E-state index contributed by atoms with van der Waals surface area (Å²) in [6.45, 7) is 4.28. The molecule has 3 rings (SSSR count). The molecule has 0 unspecified atom stereocenters. The average molecular weight is 301 g/mol. The minimum absolute atomic E-state index is 0.700. The molecule has 118 valence electrons. The van der Waals surface area contributed by atoms with Crippen LogP contribution in [0.25, 0.3) is 10.9 Å². The van der Waals surface area contributed by atoms with E-state index in [1.807, 2.05) is 12.1 Å². The fourth-order valence-electron chi connectivity index (χ4n) is 2.91. The van der Waals surface area contributed by atoms with Crippen molar-refractivity contribution in [3.05, 3.63) is 24.7 Å². The highest BCUT2D eigenvalue weighted by Crippen LogP contribution is 2.31. The van der Waals surface area contributed by atoms with Crippen LogP contribution in [-0.4, -0.2) is 48.2 Å². The normalized spacial score (nSPS) is 15.9. The molecule has 0 radical (unpaired) electrons. The van der Waals surface area contributed by atoms with Crippen molar-refractivity contribution in [2.45, 2.75) is 25.7 Å². The first kappa shape index (κ1) is 15.0. The fraction of sp³-hybridized carbons (Fsp3) is 0.529. The number of nitrogens with zero attached hydrogens (tertiary/aromatic N) is 3. The number of fused-ring (bicyclic) bond motifs is 1. The zero-order chi connectivity index (χ0) is 15.2.